The van der Waals surface area contributed by atoms with E-state index in [0.29, 0.717) is 25.3 Å². The number of hydrogen-bond donors (Lipinski definition) is 2. The molecule has 124 valence electrons. The van der Waals surface area contributed by atoms with Crippen molar-refractivity contribution >= 4 is 15.9 Å². The van der Waals surface area contributed by atoms with Crippen molar-refractivity contribution in [3.05, 3.63) is 29.8 Å². The largest absolute Gasteiger partial charge is 0.385 e. The van der Waals surface area contributed by atoms with Crippen molar-refractivity contribution in [1.29, 1.82) is 0 Å². The molecule has 0 saturated carbocycles. The van der Waals surface area contributed by atoms with E-state index in [1.807, 2.05) is 0 Å². The molecule has 0 aliphatic rings. The summed E-state index contributed by atoms with van der Waals surface area (Å²) in [5, 5.41) is 2.73. The predicted molar refractivity (Wildman–Crippen MR) is 82.3 cm³/mol. The van der Waals surface area contributed by atoms with E-state index in [9.17, 15) is 13.2 Å². The number of benzene rings is 1. The molecule has 7 nitrogen and oxygen atoms in total. The number of rotatable bonds is 10. The van der Waals surface area contributed by atoms with E-state index in [0.717, 1.165) is 6.42 Å². The molecule has 0 aromatic heterocycles. The van der Waals surface area contributed by atoms with Crippen molar-refractivity contribution in [2.24, 2.45) is 0 Å². The van der Waals surface area contributed by atoms with E-state index in [4.69, 9.17) is 9.47 Å². The zero-order chi connectivity index (χ0) is 16.4. The molecule has 1 amide bonds. The average Bonchev–Trinajstić information content (AvgIpc) is 2.51. The maximum Gasteiger partial charge on any atom is 0.251 e. The molecule has 1 aromatic rings. The van der Waals surface area contributed by atoms with Gasteiger partial charge in [-0.25, -0.2) is 13.1 Å². The Balaban J connectivity index is 2.60. The number of ether oxygens (including phenoxy) is 2. The summed E-state index contributed by atoms with van der Waals surface area (Å²) in [6, 6.07) is 5.77. The molecule has 0 heterocycles. The number of methoxy groups -OCH3 is 2. The van der Waals surface area contributed by atoms with Crippen LogP contribution in [0.4, 0.5) is 0 Å². The molecule has 0 bridgehead atoms. The van der Waals surface area contributed by atoms with E-state index >= 15 is 0 Å². The van der Waals surface area contributed by atoms with Gasteiger partial charge in [-0.1, -0.05) is 0 Å². The maximum atomic E-state index is 12.0. The van der Waals surface area contributed by atoms with Crippen LogP contribution in [0.25, 0.3) is 0 Å². The Bertz CT molecular complexity index is 557. The van der Waals surface area contributed by atoms with Gasteiger partial charge in [-0.15, -0.1) is 0 Å². The lowest BCUT2D eigenvalue weighted by Gasteiger charge is -2.08. The standard InChI is InChI=1S/C14H22N2O5S/c1-20-10-3-8-15-14(17)12-4-6-13(7-5-12)22(18,19)16-9-11-21-2/h4-7,16H,3,8-11H2,1-2H3,(H,15,17). The second-order valence-electron chi connectivity index (χ2n) is 4.52. The van der Waals surface area contributed by atoms with Crippen LogP contribution in [0.2, 0.25) is 0 Å². The van der Waals surface area contributed by atoms with Crippen LogP contribution in [0.15, 0.2) is 29.2 Å². The minimum absolute atomic E-state index is 0.111. The molecule has 0 fully saturated rings. The van der Waals surface area contributed by atoms with Crippen molar-refractivity contribution in [3.63, 3.8) is 0 Å². The van der Waals surface area contributed by atoms with Crippen LogP contribution in [0.5, 0.6) is 0 Å². The normalized spacial score (nSPS) is 11.4. The zero-order valence-electron chi connectivity index (χ0n) is 12.8. The van der Waals surface area contributed by atoms with Crippen LogP contribution >= 0.6 is 0 Å². The Morgan fingerprint density at radius 1 is 1.05 bits per heavy atom. The Kier molecular flexibility index (Phi) is 8.03. The van der Waals surface area contributed by atoms with Gasteiger partial charge in [0.15, 0.2) is 0 Å². The van der Waals surface area contributed by atoms with Gasteiger partial charge < -0.3 is 14.8 Å². The highest BCUT2D eigenvalue weighted by Crippen LogP contribution is 2.10. The van der Waals surface area contributed by atoms with Crippen molar-refractivity contribution in [2.45, 2.75) is 11.3 Å². The molecule has 0 spiro atoms. The third-order valence-electron chi connectivity index (χ3n) is 2.84. The average molecular weight is 330 g/mol. The van der Waals surface area contributed by atoms with Gasteiger partial charge in [-0.3, -0.25) is 4.79 Å². The van der Waals surface area contributed by atoms with E-state index in [1.54, 1.807) is 7.11 Å². The molecule has 2 N–H and O–H groups in total. The topological polar surface area (TPSA) is 93.7 Å². The monoisotopic (exact) mass is 330 g/mol. The van der Waals surface area contributed by atoms with Crippen LogP contribution in [-0.2, 0) is 19.5 Å². The molecular weight excluding hydrogens is 308 g/mol. The first-order valence-corrected chi connectivity index (χ1v) is 8.35. The summed E-state index contributed by atoms with van der Waals surface area (Å²) in [6.45, 7) is 1.57. The Morgan fingerprint density at radius 2 is 1.68 bits per heavy atom. The number of amides is 1. The predicted octanol–water partition coefficient (Wildman–Crippen LogP) is 0.378. The third-order valence-corrected chi connectivity index (χ3v) is 4.31. The Hall–Kier alpha value is -1.48. The van der Waals surface area contributed by atoms with Gasteiger partial charge in [-0.2, -0.15) is 0 Å². The fourth-order valence-electron chi connectivity index (χ4n) is 1.67. The highest BCUT2D eigenvalue weighted by molar-refractivity contribution is 7.89. The minimum atomic E-state index is -3.58. The van der Waals surface area contributed by atoms with Crippen molar-refractivity contribution in [1.82, 2.24) is 10.0 Å². The second-order valence-corrected chi connectivity index (χ2v) is 6.28. The van der Waals surface area contributed by atoms with E-state index in [1.165, 1.54) is 31.4 Å². The highest BCUT2D eigenvalue weighted by atomic mass is 32.2. The summed E-state index contributed by atoms with van der Waals surface area (Å²) in [6.07, 6.45) is 0.720. The lowest BCUT2D eigenvalue weighted by atomic mass is 10.2. The molecule has 0 saturated heterocycles. The summed E-state index contributed by atoms with van der Waals surface area (Å²) in [7, 11) is -0.484. The van der Waals surface area contributed by atoms with Gasteiger partial charge in [0, 0.05) is 39.5 Å². The molecule has 1 rings (SSSR count). The van der Waals surface area contributed by atoms with Crippen LogP contribution in [0, 0.1) is 0 Å². The SMILES string of the molecule is COCCCNC(=O)c1ccc(S(=O)(=O)NCCOC)cc1. The van der Waals surface area contributed by atoms with E-state index in [2.05, 4.69) is 10.0 Å². The maximum absolute atomic E-state index is 12.0. The van der Waals surface area contributed by atoms with Crippen LogP contribution in [-0.4, -0.2) is 54.8 Å². The minimum Gasteiger partial charge on any atom is -0.385 e. The molecule has 0 radical (unpaired) electrons. The Labute approximate surface area is 131 Å². The van der Waals surface area contributed by atoms with Gasteiger partial charge in [0.05, 0.1) is 11.5 Å². The number of carbonyl (C=O) groups excluding carboxylic acids is 1. The summed E-state index contributed by atoms with van der Waals surface area (Å²) < 4.78 is 36.0. The molecular formula is C14H22N2O5S. The number of nitrogens with one attached hydrogen (secondary N) is 2. The quantitative estimate of drug-likeness (QED) is 0.605. The molecule has 0 unspecified atom stereocenters. The van der Waals surface area contributed by atoms with Gasteiger partial charge >= 0.3 is 0 Å². The van der Waals surface area contributed by atoms with Gasteiger partial charge in [0.25, 0.3) is 5.91 Å². The first kappa shape index (κ1) is 18.6. The summed E-state index contributed by atoms with van der Waals surface area (Å²) in [4.78, 5) is 12.0. The fourth-order valence-corrected chi connectivity index (χ4v) is 2.68. The fraction of sp³-hybridized carbons (Fsp3) is 0.500. The highest BCUT2D eigenvalue weighted by Gasteiger charge is 2.14. The lowest BCUT2D eigenvalue weighted by Crippen LogP contribution is -2.27. The van der Waals surface area contributed by atoms with Crippen molar-refractivity contribution < 1.29 is 22.7 Å². The van der Waals surface area contributed by atoms with Gasteiger partial charge in [-0.05, 0) is 30.7 Å². The first-order chi connectivity index (χ1) is 10.5. The molecule has 22 heavy (non-hydrogen) atoms. The van der Waals surface area contributed by atoms with Gasteiger partial charge in [0.2, 0.25) is 10.0 Å². The van der Waals surface area contributed by atoms with Crippen LogP contribution < -0.4 is 10.0 Å². The van der Waals surface area contributed by atoms with Crippen molar-refractivity contribution in [2.75, 3.05) is 40.5 Å². The van der Waals surface area contributed by atoms with Gasteiger partial charge in [0.1, 0.15) is 0 Å². The first-order valence-electron chi connectivity index (χ1n) is 6.87. The second kappa shape index (κ2) is 9.52. The zero-order valence-corrected chi connectivity index (χ0v) is 13.6. The van der Waals surface area contributed by atoms with E-state index < -0.39 is 10.0 Å². The third kappa shape index (κ3) is 6.10. The summed E-state index contributed by atoms with van der Waals surface area (Å²) in [5.74, 6) is -0.243. The van der Waals surface area contributed by atoms with Crippen LogP contribution in [0.1, 0.15) is 16.8 Å². The Morgan fingerprint density at radius 3 is 2.27 bits per heavy atom. The van der Waals surface area contributed by atoms with Crippen molar-refractivity contribution in [3.8, 4) is 0 Å². The number of hydrogen-bond acceptors (Lipinski definition) is 5. The lowest BCUT2D eigenvalue weighted by molar-refractivity contribution is 0.0948. The summed E-state index contributed by atoms with van der Waals surface area (Å²) >= 11 is 0. The number of carbonyl (C=O) groups is 1. The smallest absolute Gasteiger partial charge is 0.251 e. The van der Waals surface area contributed by atoms with Crippen LogP contribution in [0.3, 0.4) is 0 Å². The molecule has 8 heteroatoms. The molecule has 1 aromatic carbocycles. The summed E-state index contributed by atoms with van der Waals surface area (Å²) in [5.41, 5.74) is 0.410. The molecule has 0 atom stereocenters. The number of sulfonamides is 1. The molecule has 0 aliphatic heterocycles. The van der Waals surface area contributed by atoms with E-state index in [-0.39, 0.29) is 17.3 Å². The molecule has 0 aliphatic carbocycles.